The summed E-state index contributed by atoms with van der Waals surface area (Å²) in [4.78, 5) is 11.9. The van der Waals surface area contributed by atoms with E-state index in [1.54, 1.807) is 36.4 Å². The first-order chi connectivity index (χ1) is 9.56. The summed E-state index contributed by atoms with van der Waals surface area (Å²) in [5.74, 6) is -0.304. The molecule has 0 bridgehead atoms. The first kappa shape index (κ1) is 14.3. The predicted molar refractivity (Wildman–Crippen MR) is 78.4 cm³/mol. The van der Waals surface area contributed by atoms with Crippen LogP contribution in [-0.4, -0.2) is 6.03 Å². The molecule has 5 heteroatoms. The summed E-state index contributed by atoms with van der Waals surface area (Å²) in [6.07, 6.45) is 0. The number of carbonyl (C=O) groups is 1. The predicted octanol–water partition coefficient (Wildman–Crippen LogP) is 4.36. The average molecular weight is 293 g/mol. The van der Waals surface area contributed by atoms with Crippen LogP contribution in [0.5, 0.6) is 0 Å². The van der Waals surface area contributed by atoms with Gasteiger partial charge in [0.05, 0.1) is 16.8 Å². The third-order valence-corrected chi connectivity index (χ3v) is 3.17. The second kappa shape index (κ2) is 6.39. The summed E-state index contributed by atoms with van der Waals surface area (Å²) in [6.45, 7) is 1.82. The van der Waals surface area contributed by atoms with Gasteiger partial charge in [0, 0.05) is 0 Å². The number of carbonyl (C=O) groups excluding carboxylic acids is 1. The van der Waals surface area contributed by atoms with Crippen LogP contribution in [0, 0.1) is 5.82 Å². The highest BCUT2D eigenvalue weighted by Gasteiger charge is 2.10. The minimum atomic E-state index is -0.366. The number of urea groups is 1. The van der Waals surface area contributed by atoms with Crippen molar-refractivity contribution in [3.05, 3.63) is 64.9 Å². The number of anilines is 1. The summed E-state index contributed by atoms with van der Waals surface area (Å²) in [7, 11) is 0. The molecule has 1 atom stereocenters. The molecule has 0 spiro atoms. The fourth-order valence-corrected chi connectivity index (χ4v) is 1.94. The number of halogens is 2. The Morgan fingerprint density at radius 2 is 1.80 bits per heavy atom. The van der Waals surface area contributed by atoms with Crippen molar-refractivity contribution >= 4 is 23.3 Å². The minimum absolute atomic E-state index is 0.238. The van der Waals surface area contributed by atoms with E-state index < -0.39 is 0 Å². The Balaban J connectivity index is 1.98. The van der Waals surface area contributed by atoms with Crippen LogP contribution in [0.3, 0.4) is 0 Å². The Bertz CT molecular complexity index is 601. The van der Waals surface area contributed by atoms with Crippen LogP contribution < -0.4 is 10.6 Å². The van der Waals surface area contributed by atoms with Crippen LogP contribution in [-0.2, 0) is 0 Å². The standard InChI is InChI=1S/C15H14ClFN2O/c1-10(11-6-8-12(17)9-7-11)18-15(20)19-14-5-3-2-4-13(14)16/h2-10H,1H3,(H2,18,19,20). The highest BCUT2D eigenvalue weighted by molar-refractivity contribution is 6.33. The van der Waals surface area contributed by atoms with E-state index in [1.165, 1.54) is 12.1 Å². The maximum absolute atomic E-state index is 12.8. The van der Waals surface area contributed by atoms with Crippen molar-refractivity contribution in [2.45, 2.75) is 13.0 Å². The molecule has 0 aliphatic carbocycles. The van der Waals surface area contributed by atoms with E-state index >= 15 is 0 Å². The lowest BCUT2D eigenvalue weighted by Crippen LogP contribution is -2.31. The molecule has 0 aliphatic heterocycles. The third-order valence-electron chi connectivity index (χ3n) is 2.84. The molecule has 20 heavy (non-hydrogen) atoms. The monoisotopic (exact) mass is 292 g/mol. The lowest BCUT2D eigenvalue weighted by molar-refractivity contribution is 0.249. The van der Waals surface area contributed by atoms with Crippen LogP contribution in [0.2, 0.25) is 5.02 Å². The molecular formula is C15H14ClFN2O. The fourth-order valence-electron chi connectivity index (χ4n) is 1.75. The SMILES string of the molecule is CC(NC(=O)Nc1ccccc1Cl)c1ccc(F)cc1. The van der Waals surface area contributed by atoms with Gasteiger partial charge in [-0.15, -0.1) is 0 Å². The lowest BCUT2D eigenvalue weighted by Gasteiger charge is -2.15. The van der Waals surface area contributed by atoms with Gasteiger partial charge >= 0.3 is 6.03 Å². The van der Waals surface area contributed by atoms with Crippen LogP contribution in [0.1, 0.15) is 18.5 Å². The molecule has 0 saturated heterocycles. The number of hydrogen-bond acceptors (Lipinski definition) is 1. The van der Waals surface area contributed by atoms with Crippen molar-refractivity contribution < 1.29 is 9.18 Å². The van der Waals surface area contributed by atoms with Crippen LogP contribution in [0.15, 0.2) is 48.5 Å². The Hall–Kier alpha value is -2.07. The van der Waals surface area contributed by atoms with Crippen molar-refractivity contribution in [3.8, 4) is 0 Å². The zero-order chi connectivity index (χ0) is 14.5. The summed E-state index contributed by atoms with van der Waals surface area (Å²) in [5.41, 5.74) is 1.36. The lowest BCUT2D eigenvalue weighted by atomic mass is 10.1. The van der Waals surface area contributed by atoms with Crippen molar-refractivity contribution in [1.29, 1.82) is 0 Å². The van der Waals surface area contributed by atoms with Gasteiger partial charge < -0.3 is 10.6 Å². The quantitative estimate of drug-likeness (QED) is 0.867. The largest absolute Gasteiger partial charge is 0.331 e. The van der Waals surface area contributed by atoms with E-state index in [9.17, 15) is 9.18 Å². The van der Waals surface area contributed by atoms with E-state index in [4.69, 9.17) is 11.6 Å². The Morgan fingerprint density at radius 3 is 2.45 bits per heavy atom. The van der Waals surface area contributed by atoms with E-state index in [0.717, 1.165) is 5.56 Å². The van der Waals surface area contributed by atoms with Crippen LogP contribution in [0.4, 0.5) is 14.9 Å². The van der Waals surface area contributed by atoms with Gasteiger partial charge in [0.1, 0.15) is 5.82 Å². The zero-order valence-electron chi connectivity index (χ0n) is 10.9. The summed E-state index contributed by atoms with van der Waals surface area (Å²) >= 11 is 5.96. The molecule has 0 heterocycles. The molecule has 0 saturated carbocycles. The van der Waals surface area contributed by atoms with E-state index in [-0.39, 0.29) is 17.9 Å². The number of benzene rings is 2. The number of para-hydroxylation sites is 1. The number of rotatable bonds is 3. The van der Waals surface area contributed by atoms with Gasteiger partial charge in [0.2, 0.25) is 0 Å². The molecule has 104 valence electrons. The Kier molecular flexibility index (Phi) is 4.58. The zero-order valence-corrected chi connectivity index (χ0v) is 11.6. The van der Waals surface area contributed by atoms with E-state index in [2.05, 4.69) is 10.6 Å². The molecule has 2 aromatic carbocycles. The summed E-state index contributed by atoms with van der Waals surface area (Å²) in [6, 6.07) is 12.4. The van der Waals surface area contributed by atoms with Gasteiger partial charge in [-0.25, -0.2) is 9.18 Å². The van der Waals surface area contributed by atoms with Gasteiger partial charge in [0.25, 0.3) is 0 Å². The van der Waals surface area contributed by atoms with Crippen molar-refractivity contribution in [2.24, 2.45) is 0 Å². The van der Waals surface area contributed by atoms with Crippen LogP contribution in [0.25, 0.3) is 0 Å². The van der Waals surface area contributed by atoms with Crippen molar-refractivity contribution in [2.75, 3.05) is 5.32 Å². The molecule has 3 nitrogen and oxygen atoms in total. The molecule has 0 radical (unpaired) electrons. The molecule has 1 unspecified atom stereocenters. The van der Waals surface area contributed by atoms with E-state index in [1.807, 2.05) is 6.92 Å². The number of amides is 2. The summed E-state index contributed by atoms with van der Waals surface area (Å²) < 4.78 is 12.8. The normalized spacial score (nSPS) is 11.8. The third kappa shape index (κ3) is 3.71. The first-order valence-corrected chi connectivity index (χ1v) is 6.51. The van der Waals surface area contributed by atoms with Gasteiger partial charge in [-0.3, -0.25) is 0 Å². The topological polar surface area (TPSA) is 41.1 Å². The first-order valence-electron chi connectivity index (χ1n) is 6.14. The summed E-state index contributed by atoms with van der Waals surface area (Å²) in [5, 5.41) is 5.90. The molecule has 0 fully saturated rings. The number of hydrogen-bond donors (Lipinski definition) is 2. The second-order valence-corrected chi connectivity index (χ2v) is 4.76. The highest BCUT2D eigenvalue weighted by Crippen LogP contribution is 2.20. The maximum Gasteiger partial charge on any atom is 0.319 e. The average Bonchev–Trinajstić information content (AvgIpc) is 2.42. The highest BCUT2D eigenvalue weighted by atomic mass is 35.5. The molecule has 2 aromatic rings. The Morgan fingerprint density at radius 1 is 1.15 bits per heavy atom. The van der Waals surface area contributed by atoms with Gasteiger partial charge in [-0.05, 0) is 36.8 Å². The molecule has 2 N–H and O–H groups in total. The number of nitrogens with one attached hydrogen (secondary N) is 2. The molecular weight excluding hydrogens is 279 g/mol. The molecule has 2 amide bonds. The van der Waals surface area contributed by atoms with Gasteiger partial charge in [-0.1, -0.05) is 35.9 Å². The smallest absolute Gasteiger partial charge is 0.319 e. The van der Waals surface area contributed by atoms with Crippen molar-refractivity contribution in [1.82, 2.24) is 5.32 Å². The molecule has 0 aromatic heterocycles. The molecule has 2 rings (SSSR count). The molecule has 0 aliphatic rings. The van der Waals surface area contributed by atoms with Gasteiger partial charge in [-0.2, -0.15) is 0 Å². The van der Waals surface area contributed by atoms with Gasteiger partial charge in [0.15, 0.2) is 0 Å². The Labute approximate surface area is 121 Å². The van der Waals surface area contributed by atoms with E-state index in [0.29, 0.717) is 10.7 Å². The van der Waals surface area contributed by atoms with Crippen molar-refractivity contribution in [3.63, 3.8) is 0 Å². The van der Waals surface area contributed by atoms with Crippen LogP contribution >= 0.6 is 11.6 Å². The minimum Gasteiger partial charge on any atom is -0.331 e. The fraction of sp³-hybridized carbons (Fsp3) is 0.133. The maximum atomic E-state index is 12.8. The second-order valence-electron chi connectivity index (χ2n) is 4.35.